The lowest BCUT2D eigenvalue weighted by molar-refractivity contribution is 0.0558. The monoisotopic (exact) mass is 452 g/mol. The summed E-state index contributed by atoms with van der Waals surface area (Å²) < 4.78 is 5.65. The largest absolute Gasteiger partial charge is 0.381 e. The molecule has 0 radical (unpaired) electrons. The van der Waals surface area contributed by atoms with Gasteiger partial charge in [-0.25, -0.2) is 15.0 Å². The molecule has 31 heavy (non-hydrogen) atoms. The van der Waals surface area contributed by atoms with Crippen LogP contribution in [0.15, 0.2) is 42.3 Å². The number of benzene rings is 1. The highest BCUT2D eigenvalue weighted by atomic mass is 35.5. The smallest absolute Gasteiger partial charge is 0.174 e. The number of fused-ring (bicyclic) bond motifs is 2. The molecular formula is C23H21ClN4O2S. The Bertz CT molecular complexity index is 1160. The molecule has 1 fully saturated rings. The highest BCUT2D eigenvalue weighted by molar-refractivity contribution is 7.09. The Morgan fingerprint density at radius 1 is 1.29 bits per heavy atom. The number of ether oxygens (including phenoxy) is 1. The van der Waals surface area contributed by atoms with Crippen LogP contribution in [0, 0.1) is 11.8 Å². The second-order valence-electron chi connectivity index (χ2n) is 8.06. The van der Waals surface area contributed by atoms with Crippen LogP contribution in [0.25, 0.3) is 0 Å². The molecule has 4 heterocycles. The number of aromatic nitrogens is 3. The topological polar surface area (TPSA) is 71.4 Å². The first-order valence-electron chi connectivity index (χ1n) is 10.1. The number of nitrogens with zero attached hydrogens (tertiary/aromatic N) is 4. The van der Waals surface area contributed by atoms with Gasteiger partial charge in [-0.1, -0.05) is 29.5 Å². The summed E-state index contributed by atoms with van der Waals surface area (Å²) >= 11 is 7.84. The highest BCUT2D eigenvalue weighted by Crippen LogP contribution is 2.50. The van der Waals surface area contributed by atoms with E-state index in [0.29, 0.717) is 15.8 Å². The van der Waals surface area contributed by atoms with Crippen molar-refractivity contribution >= 4 is 34.4 Å². The predicted octanol–water partition coefficient (Wildman–Crippen LogP) is 4.05. The Morgan fingerprint density at radius 2 is 2.13 bits per heavy atom. The van der Waals surface area contributed by atoms with Gasteiger partial charge in [-0.3, -0.25) is 0 Å². The molecule has 3 aromatic rings. The molecule has 0 amide bonds. The lowest BCUT2D eigenvalue weighted by Crippen LogP contribution is -2.37. The number of aliphatic hydroxyl groups is 1. The van der Waals surface area contributed by atoms with Crippen molar-refractivity contribution in [2.24, 2.45) is 0 Å². The summed E-state index contributed by atoms with van der Waals surface area (Å²) in [6, 6.07) is 6.23. The van der Waals surface area contributed by atoms with Crippen LogP contribution in [0.1, 0.15) is 35.9 Å². The van der Waals surface area contributed by atoms with E-state index in [-0.39, 0.29) is 5.41 Å². The molecule has 6 nitrogen and oxygen atoms in total. The molecule has 1 N–H and O–H groups in total. The summed E-state index contributed by atoms with van der Waals surface area (Å²) in [6.07, 6.45) is 6.70. The molecule has 8 heteroatoms. The van der Waals surface area contributed by atoms with Crippen LogP contribution in [0.3, 0.4) is 0 Å². The molecule has 1 saturated heterocycles. The van der Waals surface area contributed by atoms with E-state index in [1.165, 1.54) is 23.2 Å². The number of rotatable bonds is 2. The molecule has 0 aliphatic carbocycles. The maximum absolute atomic E-state index is 10.7. The number of hydrogen-bond acceptors (Lipinski definition) is 7. The summed E-state index contributed by atoms with van der Waals surface area (Å²) in [5.74, 6) is 6.80. The van der Waals surface area contributed by atoms with Crippen molar-refractivity contribution in [1.82, 2.24) is 15.0 Å². The van der Waals surface area contributed by atoms with Gasteiger partial charge in [0.15, 0.2) is 11.4 Å². The maximum Gasteiger partial charge on any atom is 0.174 e. The molecule has 2 aliphatic heterocycles. The summed E-state index contributed by atoms with van der Waals surface area (Å²) in [5.41, 5.74) is 1.83. The van der Waals surface area contributed by atoms with Gasteiger partial charge in [0.25, 0.3) is 0 Å². The van der Waals surface area contributed by atoms with Crippen LogP contribution in [0.2, 0.25) is 5.02 Å². The molecule has 158 valence electrons. The van der Waals surface area contributed by atoms with Crippen LogP contribution in [-0.2, 0) is 15.8 Å². The molecule has 2 aromatic heterocycles. The summed E-state index contributed by atoms with van der Waals surface area (Å²) in [4.78, 5) is 14.8. The number of anilines is 2. The molecule has 0 bridgehead atoms. The van der Waals surface area contributed by atoms with E-state index in [1.807, 2.05) is 11.4 Å². The van der Waals surface area contributed by atoms with E-state index in [2.05, 4.69) is 43.8 Å². The predicted molar refractivity (Wildman–Crippen MR) is 121 cm³/mol. The normalized spacial score (nSPS) is 18.9. The van der Waals surface area contributed by atoms with E-state index < -0.39 is 5.60 Å². The molecule has 0 saturated carbocycles. The zero-order chi connectivity index (χ0) is 21.5. The maximum atomic E-state index is 10.7. The van der Waals surface area contributed by atoms with Gasteiger partial charge in [0.05, 0.1) is 6.20 Å². The van der Waals surface area contributed by atoms with Gasteiger partial charge in [0.2, 0.25) is 0 Å². The third-order valence-electron chi connectivity index (χ3n) is 5.97. The summed E-state index contributed by atoms with van der Waals surface area (Å²) in [6.45, 7) is 3.93. The Hall–Kier alpha value is -2.50. The van der Waals surface area contributed by atoms with Gasteiger partial charge in [-0.2, -0.15) is 0 Å². The van der Waals surface area contributed by atoms with E-state index >= 15 is 0 Å². The third-order valence-corrected chi connectivity index (χ3v) is 7.22. The molecule has 1 spiro atoms. The van der Waals surface area contributed by atoms with Crippen molar-refractivity contribution in [1.29, 1.82) is 0 Å². The first-order valence-corrected chi connectivity index (χ1v) is 11.4. The first kappa shape index (κ1) is 20.4. The average molecular weight is 453 g/mol. The number of hydrogen-bond donors (Lipinski definition) is 1. The van der Waals surface area contributed by atoms with Crippen molar-refractivity contribution in [3.8, 4) is 11.8 Å². The van der Waals surface area contributed by atoms with Crippen LogP contribution >= 0.6 is 22.9 Å². The van der Waals surface area contributed by atoms with Crippen LogP contribution in [0.4, 0.5) is 11.5 Å². The zero-order valence-electron chi connectivity index (χ0n) is 17.0. The molecule has 5 rings (SSSR count). The standard InChI is InChI=1S/C23H21ClN4O2S/c1-22(29,21-26-8-11-31-21)5-4-16-2-3-17-19(12-16)28(20-18(24)13-25-15-27-20)14-23(17)6-9-30-10-7-23/h2-3,8,11-13,15,29H,6-7,9-10,14H2,1H3/t22-/m1/s1. The molecule has 2 aliphatic rings. The summed E-state index contributed by atoms with van der Waals surface area (Å²) in [5, 5.41) is 13.6. The Kier molecular flexibility index (Phi) is 5.19. The minimum atomic E-state index is -1.30. The zero-order valence-corrected chi connectivity index (χ0v) is 18.6. The van der Waals surface area contributed by atoms with Crippen LogP contribution < -0.4 is 4.90 Å². The molecular weight excluding hydrogens is 432 g/mol. The Balaban J connectivity index is 1.57. The third kappa shape index (κ3) is 3.70. The van der Waals surface area contributed by atoms with Gasteiger partial charge < -0.3 is 14.7 Å². The number of thiazole rings is 1. The molecule has 1 aromatic carbocycles. The highest BCUT2D eigenvalue weighted by Gasteiger charge is 2.45. The van der Waals surface area contributed by atoms with Crippen molar-refractivity contribution < 1.29 is 9.84 Å². The SMILES string of the molecule is C[C@@](O)(C#Cc1ccc2c(c1)N(c1ncncc1Cl)CC21CCOCC1)c1nccs1. The lowest BCUT2D eigenvalue weighted by atomic mass is 9.76. The van der Waals surface area contributed by atoms with Crippen LogP contribution in [-0.4, -0.2) is 39.8 Å². The fraction of sp³-hybridized carbons (Fsp3) is 0.348. The lowest BCUT2D eigenvalue weighted by Gasteiger charge is -2.34. The fourth-order valence-electron chi connectivity index (χ4n) is 4.35. The van der Waals surface area contributed by atoms with Crippen molar-refractivity contribution in [2.45, 2.75) is 30.8 Å². The van der Waals surface area contributed by atoms with Gasteiger partial charge in [0.1, 0.15) is 16.4 Å². The molecule has 0 unspecified atom stereocenters. The van der Waals surface area contributed by atoms with Gasteiger partial charge in [-0.05, 0) is 37.5 Å². The Morgan fingerprint density at radius 3 is 2.87 bits per heavy atom. The van der Waals surface area contributed by atoms with Gasteiger partial charge >= 0.3 is 0 Å². The quantitative estimate of drug-likeness (QED) is 0.591. The van der Waals surface area contributed by atoms with Crippen molar-refractivity contribution in [3.05, 3.63) is 63.5 Å². The van der Waals surface area contributed by atoms with E-state index in [4.69, 9.17) is 16.3 Å². The van der Waals surface area contributed by atoms with Crippen LogP contribution in [0.5, 0.6) is 0 Å². The summed E-state index contributed by atoms with van der Waals surface area (Å²) in [7, 11) is 0. The molecule has 1 atom stereocenters. The first-order chi connectivity index (χ1) is 15.0. The second-order valence-corrected chi connectivity index (χ2v) is 9.37. The van der Waals surface area contributed by atoms with E-state index in [9.17, 15) is 5.11 Å². The van der Waals surface area contributed by atoms with E-state index in [1.54, 1.807) is 19.3 Å². The second kappa shape index (κ2) is 7.88. The minimum absolute atomic E-state index is 0.000201. The Labute approximate surface area is 189 Å². The van der Waals surface area contributed by atoms with Gasteiger partial charge in [0, 0.05) is 48.0 Å². The van der Waals surface area contributed by atoms with E-state index in [0.717, 1.165) is 43.9 Å². The van der Waals surface area contributed by atoms with Crippen molar-refractivity contribution in [3.63, 3.8) is 0 Å². The van der Waals surface area contributed by atoms with Crippen molar-refractivity contribution in [2.75, 3.05) is 24.7 Å². The van der Waals surface area contributed by atoms with Gasteiger partial charge in [-0.15, -0.1) is 11.3 Å². The average Bonchev–Trinajstić information content (AvgIpc) is 3.42. The number of halogens is 1. The fourth-order valence-corrected chi connectivity index (χ4v) is 5.21. The minimum Gasteiger partial charge on any atom is -0.381 e.